The number of aryl methyl sites for hydroxylation is 1. The Morgan fingerprint density at radius 1 is 1.27 bits per heavy atom. The molecule has 1 aromatic rings. The van der Waals surface area contributed by atoms with E-state index in [0.29, 0.717) is 12.0 Å². The Bertz CT molecular complexity index is 484. The molecular weight excluding hydrogens is 299 g/mol. The molecule has 1 atom stereocenters. The van der Waals surface area contributed by atoms with Crippen LogP contribution >= 0.6 is 0 Å². The van der Waals surface area contributed by atoms with Crippen LogP contribution in [0.5, 0.6) is 0 Å². The Hall–Kier alpha value is -1.60. The van der Waals surface area contributed by atoms with E-state index in [2.05, 4.69) is 5.32 Å². The highest BCUT2D eigenvalue weighted by Crippen LogP contribution is 2.29. The fraction of sp³-hybridized carbons (Fsp3) is 0.533. The Morgan fingerprint density at radius 2 is 1.86 bits per heavy atom. The number of aliphatic hydroxyl groups is 1. The number of hydrogen-bond acceptors (Lipinski definition) is 3. The highest BCUT2D eigenvalue weighted by molar-refractivity contribution is 5.76. The predicted octanol–water partition coefficient (Wildman–Crippen LogP) is 2.15. The number of rotatable bonds is 7. The molecule has 7 heteroatoms. The molecule has 0 aliphatic carbocycles. The van der Waals surface area contributed by atoms with E-state index in [4.69, 9.17) is 4.74 Å². The van der Waals surface area contributed by atoms with Crippen molar-refractivity contribution < 1.29 is 27.8 Å². The van der Waals surface area contributed by atoms with E-state index in [9.17, 15) is 23.1 Å². The van der Waals surface area contributed by atoms with Crippen molar-refractivity contribution in [3.8, 4) is 0 Å². The van der Waals surface area contributed by atoms with Crippen molar-refractivity contribution in [2.75, 3.05) is 20.3 Å². The first-order chi connectivity index (χ1) is 10.1. The lowest BCUT2D eigenvalue weighted by molar-refractivity contribution is -0.137. The summed E-state index contributed by atoms with van der Waals surface area (Å²) in [5.41, 5.74) is -1.22. The molecule has 1 aromatic carbocycles. The van der Waals surface area contributed by atoms with Gasteiger partial charge in [-0.25, -0.2) is 0 Å². The molecule has 22 heavy (non-hydrogen) atoms. The minimum Gasteiger partial charge on any atom is -0.386 e. The molecule has 2 N–H and O–H groups in total. The highest BCUT2D eigenvalue weighted by atomic mass is 19.4. The third kappa shape index (κ3) is 6.44. The van der Waals surface area contributed by atoms with Crippen LogP contribution in [-0.4, -0.2) is 36.9 Å². The van der Waals surface area contributed by atoms with E-state index in [1.165, 1.54) is 26.2 Å². The van der Waals surface area contributed by atoms with Crippen LogP contribution in [-0.2, 0) is 22.1 Å². The Labute approximate surface area is 127 Å². The molecule has 124 valence electrons. The van der Waals surface area contributed by atoms with Crippen molar-refractivity contribution in [3.05, 3.63) is 35.4 Å². The summed E-state index contributed by atoms with van der Waals surface area (Å²) in [6.07, 6.45) is -3.90. The smallest absolute Gasteiger partial charge is 0.386 e. The standard InChI is InChI=1S/C15H20F3NO3/c1-14(21,10-22-2)9-19-13(20)8-5-11-3-6-12(7-4-11)15(16,17)18/h3-4,6-7,21H,5,8-10H2,1-2H3,(H,19,20). The average molecular weight is 319 g/mol. The van der Waals surface area contributed by atoms with Crippen molar-refractivity contribution >= 4 is 5.91 Å². The molecule has 0 aliphatic heterocycles. The molecular formula is C15H20F3NO3. The predicted molar refractivity (Wildman–Crippen MR) is 75.3 cm³/mol. The maximum absolute atomic E-state index is 12.4. The second-order valence-corrected chi connectivity index (χ2v) is 5.40. The van der Waals surface area contributed by atoms with Gasteiger partial charge in [-0.05, 0) is 31.0 Å². The van der Waals surface area contributed by atoms with Gasteiger partial charge in [0.15, 0.2) is 0 Å². The Balaban J connectivity index is 2.41. The molecule has 4 nitrogen and oxygen atoms in total. The number of alkyl halides is 3. The average Bonchev–Trinajstić information content (AvgIpc) is 2.42. The molecule has 0 bridgehead atoms. The van der Waals surface area contributed by atoms with Gasteiger partial charge in [0, 0.05) is 20.1 Å². The van der Waals surface area contributed by atoms with E-state index in [0.717, 1.165) is 12.1 Å². The summed E-state index contributed by atoms with van der Waals surface area (Å²) < 4.78 is 42.0. The second kappa shape index (κ2) is 7.60. The third-order valence-corrected chi connectivity index (χ3v) is 3.04. The number of halogens is 3. The topological polar surface area (TPSA) is 58.6 Å². The first kappa shape index (κ1) is 18.4. The van der Waals surface area contributed by atoms with Gasteiger partial charge in [0.2, 0.25) is 5.91 Å². The van der Waals surface area contributed by atoms with Crippen LogP contribution in [0.1, 0.15) is 24.5 Å². The van der Waals surface area contributed by atoms with Crippen molar-refractivity contribution in [2.45, 2.75) is 31.5 Å². The number of carbonyl (C=O) groups is 1. The van der Waals surface area contributed by atoms with Gasteiger partial charge in [-0.1, -0.05) is 12.1 Å². The van der Waals surface area contributed by atoms with Gasteiger partial charge < -0.3 is 15.2 Å². The Kier molecular flexibility index (Phi) is 6.37. The van der Waals surface area contributed by atoms with Gasteiger partial charge in [0.1, 0.15) is 5.60 Å². The van der Waals surface area contributed by atoms with Crippen LogP contribution in [0.4, 0.5) is 13.2 Å². The van der Waals surface area contributed by atoms with E-state index in [1.54, 1.807) is 0 Å². The van der Waals surface area contributed by atoms with Crippen LogP contribution in [0.15, 0.2) is 24.3 Å². The second-order valence-electron chi connectivity index (χ2n) is 5.40. The quantitative estimate of drug-likeness (QED) is 0.810. The van der Waals surface area contributed by atoms with Crippen LogP contribution < -0.4 is 5.32 Å². The summed E-state index contributed by atoms with van der Waals surface area (Å²) in [6, 6.07) is 4.71. The lowest BCUT2D eigenvalue weighted by Crippen LogP contribution is -2.43. The van der Waals surface area contributed by atoms with E-state index >= 15 is 0 Å². The maximum atomic E-state index is 12.4. The number of carbonyl (C=O) groups excluding carboxylic acids is 1. The molecule has 0 heterocycles. The molecule has 0 aromatic heterocycles. The molecule has 1 unspecified atom stereocenters. The first-order valence-electron chi connectivity index (χ1n) is 6.78. The van der Waals surface area contributed by atoms with Crippen molar-refractivity contribution in [2.24, 2.45) is 0 Å². The first-order valence-corrected chi connectivity index (χ1v) is 6.78. The lowest BCUT2D eigenvalue weighted by Gasteiger charge is -2.22. The van der Waals surface area contributed by atoms with E-state index < -0.39 is 17.3 Å². The van der Waals surface area contributed by atoms with Crippen molar-refractivity contribution in [1.29, 1.82) is 0 Å². The molecule has 0 fully saturated rings. The molecule has 1 amide bonds. The van der Waals surface area contributed by atoms with Crippen LogP contribution in [0, 0.1) is 0 Å². The van der Waals surface area contributed by atoms with Gasteiger partial charge in [0.25, 0.3) is 0 Å². The third-order valence-electron chi connectivity index (χ3n) is 3.04. The zero-order valence-electron chi connectivity index (χ0n) is 12.5. The summed E-state index contributed by atoms with van der Waals surface area (Å²) in [4.78, 5) is 11.7. The van der Waals surface area contributed by atoms with Gasteiger partial charge in [-0.2, -0.15) is 13.2 Å². The fourth-order valence-corrected chi connectivity index (χ4v) is 1.86. The molecule has 0 saturated carbocycles. The number of amides is 1. The van der Waals surface area contributed by atoms with Gasteiger partial charge in [-0.15, -0.1) is 0 Å². The number of nitrogens with one attached hydrogen (secondary N) is 1. The van der Waals surface area contributed by atoms with Crippen molar-refractivity contribution in [3.63, 3.8) is 0 Å². The summed E-state index contributed by atoms with van der Waals surface area (Å²) in [5.74, 6) is -0.281. The van der Waals surface area contributed by atoms with E-state index in [-0.39, 0.29) is 25.5 Å². The van der Waals surface area contributed by atoms with Crippen LogP contribution in [0.2, 0.25) is 0 Å². The van der Waals surface area contributed by atoms with Crippen LogP contribution in [0.25, 0.3) is 0 Å². The summed E-state index contributed by atoms with van der Waals surface area (Å²) in [7, 11) is 1.45. The fourth-order valence-electron chi connectivity index (χ4n) is 1.86. The zero-order chi connectivity index (χ0) is 16.8. The van der Waals surface area contributed by atoms with Gasteiger partial charge in [-0.3, -0.25) is 4.79 Å². The van der Waals surface area contributed by atoms with E-state index in [1.807, 2.05) is 0 Å². The number of benzene rings is 1. The Morgan fingerprint density at radius 3 is 2.36 bits per heavy atom. The van der Waals surface area contributed by atoms with Crippen molar-refractivity contribution in [1.82, 2.24) is 5.32 Å². The monoisotopic (exact) mass is 319 g/mol. The SMILES string of the molecule is COCC(C)(O)CNC(=O)CCc1ccc(C(F)(F)F)cc1. The molecule has 0 radical (unpaired) electrons. The molecule has 1 rings (SSSR count). The number of hydrogen-bond donors (Lipinski definition) is 2. The summed E-state index contributed by atoms with van der Waals surface area (Å²) in [6.45, 7) is 1.67. The van der Waals surface area contributed by atoms with Gasteiger partial charge >= 0.3 is 6.18 Å². The molecule has 0 aliphatic rings. The molecule has 0 saturated heterocycles. The maximum Gasteiger partial charge on any atom is 0.416 e. The normalized spacial score (nSPS) is 14.5. The summed E-state index contributed by atoms with van der Waals surface area (Å²) in [5, 5.41) is 12.4. The number of methoxy groups -OCH3 is 1. The zero-order valence-corrected chi connectivity index (χ0v) is 12.5. The van der Waals surface area contributed by atoms with Crippen LogP contribution in [0.3, 0.4) is 0 Å². The largest absolute Gasteiger partial charge is 0.416 e. The number of ether oxygens (including phenoxy) is 1. The highest BCUT2D eigenvalue weighted by Gasteiger charge is 2.29. The minimum atomic E-state index is -4.36. The van der Waals surface area contributed by atoms with Gasteiger partial charge in [0.05, 0.1) is 12.2 Å². The molecule has 0 spiro atoms. The minimum absolute atomic E-state index is 0.0483. The lowest BCUT2D eigenvalue weighted by atomic mass is 10.1. The summed E-state index contributed by atoms with van der Waals surface area (Å²) >= 11 is 0.